The van der Waals surface area contributed by atoms with Crippen molar-refractivity contribution in [1.29, 1.82) is 0 Å². The molecule has 2 atom stereocenters. The molecule has 0 spiro atoms. The van der Waals surface area contributed by atoms with Crippen molar-refractivity contribution in [2.45, 2.75) is 39.2 Å². The number of hydrogen-bond acceptors (Lipinski definition) is 7. The normalized spacial score (nSPS) is 19.6. The molecule has 2 heterocycles. The molecule has 2 aliphatic rings. The lowest BCUT2D eigenvalue weighted by Gasteiger charge is -2.34. The highest BCUT2D eigenvalue weighted by atomic mass is 16.6. The molecular formula is C27H32N2O7. The second-order valence-corrected chi connectivity index (χ2v) is 9.61. The van der Waals surface area contributed by atoms with Gasteiger partial charge in [0.2, 0.25) is 5.91 Å². The van der Waals surface area contributed by atoms with Crippen LogP contribution in [0.5, 0.6) is 5.75 Å². The van der Waals surface area contributed by atoms with Gasteiger partial charge in [0.05, 0.1) is 19.1 Å². The topological polar surface area (TPSA) is 94.6 Å². The number of hydrogen-bond donors (Lipinski definition) is 0. The van der Waals surface area contributed by atoms with E-state index >= 15 is 0 Å². The Morgan fingerprint density at radius 3 is 2.36 bits per heavy atom. The molecule has 4 rings (SSSR count). The van der Waals surface area contributed by atoms with E-state index < -0.39 is 29.6 Å². The van der Waals surface area contributed by atoms with E-state index in [1.165, 1.54) is 4.90 Å². The van der Waals surface area contributed by atoms with Gasteiger partial charge in [-0.15, -0.1) is 0 Å². The van der Waals surface area contributed by atoms with E-state index in [2.05, 4.69) is 0 Å². The third-order valence-corrected chi connectivity index (χ3v) is 6.42. The van der Waals surface area contributed by atoms with Gasteiger partial charge in [-0.2, -0.15) is 0 Å². The average Bonchev–Trinajstić information content (AvgIpc) is 3.21. The second-order valence-electron chi connectivity index (χ2n) is 9.61. The Labute approximate surface area is 210 Å². The molecular weight excluding hydrogens is 464 g/mol. The number of morpholine rings is 1. The molecule has 2 amide bonds. The van der Waals surface area contributed by atoms with E-state index in [9.17, 15) is 14.4 Å². The van der Waals surface area contributed by atoms with Crippen molar-refractivity contribution in [2.24, 2.45) is 5.41 Å². The highest BCUT2D eigenvalue weighted by molar-refractivity contribution is 5.89. The van der Waals surface area contributed by atoms with Gasteiger partial charge in [-0.05, 0) is 37.1 Å². The summed E-state index contributed by atoms with van der Waals surface area (Å²) in [6, 6.07) is 15.9. The van der Waals surface area contributed by atoms with E-state index in [-0.39, 0.29) is 32.2 Å². The van der Waals surface area contributed by atoms with Gasteiger partial charge in [0.15, 0.2) is 0 Å². The summed E-state index contributed by atoms with van der Waals surface area (Å²) in [7, 11) is 1.59. The van der Waals surface area contributed by atoms with Gasteiger partial charge in [-0.1, -0.05) is 42.5 Å². The summed E-state index contributed by atoms with van der Waals surface area (Å²) < 4.78 is 21.9. The molecule has 36 heavy (non-hydrogen) atoms. The summed E-state index contributed by atoms with van der Waals surface area (Å²) >= 11 is 0. The highest BCUT2D eigenvalue weighted by Crippen LogP contribution is 2.29. The van der Waals surface area contributed by atoms with Crippen molar-refractivity contribution in [2.75, 3.05) is 33.4 Å². The van der Waals surface area contributed by atoms with Gasteiger partial charge in [0, 0.05) is 19.6 Å². The SMILES string of the molecule is COc1ccc(COC(=O)C(C)(C)CN2CC3OCCN(C(=O)OCc4ccccc4)C3C2=O)cc1. The van der Waals surface area contributed by atoms with Crippen LogP contribution >= 0.6 is 0 Å². The van der Waals surface area contributed by atoms with Gasteiger partial charge in [-0.25, -0.2) is 4.79 Å². The Hall–Kier alpha value is -3.59. The summed E-state index contributed by atoms with van der Waals surface area (Å²) in [5.41, 5.74) is 0.750. The van der Waals surface area contributed by atoms with E-state index in [4.69, 9.17) is 18.9 Å². The van der Waals surface area contributed by atoms with Crippen LogP contribution in [0.4, 0.5) is 4.79 Å². The minimum absolute atomic E-state index is 0.121. The van der Waals surface area contributed by atoms with Crippen LogP contribution in [0, 0.1) is 5.41 Å². The van der Waals surface area contributed by atoms with Crippen LogP contribution in [0.3, 0.4) is 0 Å². The Balaban J connectivity index is 1.34. The number of methoxy groups -OCH3 is 1. The molecule has 0 N–H and O–H groups in total. The highest BCUT2D eigenvalue weighted by Gasteiger charge is 2.50. The van der Waals surface area contributed by atoms with Crippen LogP contribution in [0.1, 0.15) is 25.0 Å². The van der Waals surface area contributed by atoms with Gasteiger partial charge in [-0.3, -0.25) is 14.5 Å². The molecule has 192 valence electrons. The van der Waals surface area contributed by atoms with Crippen LogP contribution in [-0.4, -0.2) is 73.3 Å². The summed E-state index contributed by atoms with van der Waals surface area (Å²) in [6.07, 6.45) is -1.02. The predicted molar refractivity (Wildman–Crippen MR) is 130 cm³/mol. The van der Waals surface area contributed by atoms with Gasteiger partial charge in [0.25, 0.3) is 0 Å². The van der Waals surface area contributed by atoms with Crippen molar-refractivity contribution >= 4 is 18.0 Å². The maximum atomic E-state index is 13.3. The van der Waals surface area contributed by atoms with Crippen LogP contribution in [0.15, 0.2) is 54.6 Å². The van der Waals surface area contributed by atoms with E-state index in [1.807, 2.05) is 42.5 Å². The number of rotatable bonds is 8. The largest absolute Gasteiger partial charge is 0.497 e. The first kappa shape index (κ1) is 25.5. The Bertz CT molecular complexity index is 1070. The minimum Gasteiger partial charge on any atom is -0.497 e. The first-order chi connectivity index (χ1) is 17.3. The fourth-order valence-electron chi connectivity index (χ4n) is 4.43. The summed E-state index contributed by atoms with van der Waals surface area (Å²) in [5.74, 6) is 0.0491. The third-order valence-electron chi connectivity index (χ3n) is 6.42. The van der Waals surface area contributed by atoms with Crippen LogP contribution in [0.2, 0.25) is 0 Å². The Morgan fingerprint density at radius 1 is 1.00 bits per heavy atom. The number of fused-ring (bicyclic) bond motifs is 1. The zero-order chi connectivity index (χ0) is 25.7. The molecule has 9 nitrogen and oxygen atoms in total. The molecule has 0 aromatic heterocycles. The second kappa shape index (κ2) is 11.0. The molecule has 0 aliphatic carbocycles. The number of nitrogens with zero attached hydrogens (tertiary/aromatic N) is 2. The molecule has 2 aromatic carbocycles. The van der Waals surface area contributed by atoms with E-state index in [0.29, 0.717) is 13.2 Å². The Morgan fingerprint density at radius 2 is 1.67 bits per heavy atom. The van der Waals surface area contributed by atoms with Crippen LogP contribution in [0.25, 0.3) is 0 Å². The number of carbonyl (C=O) groups is 3. The lowest BCUT2D eigenvalue weighted by Crippen LogP contribution is -2.55. The fourth-order valence-corrected chi connectivity index (χ4v) is 4.43. The van der Waals surface area contributed by atoms with Crippen molar-refractivity contribution in [3.05, 3.63) is 65.7 Å². The van der Waals surface area contributed by atoms with E-state index in [0.717, 1.165) is 16.9 Å². The maximum Gasteiger partial charge on any atom is 0.410 e. The quantitative estimate of drug-likeness (QED) is 0.519. The number of benzene rings is 2. The van der Waals surface area contributed by atoms with Crippen molar-refractivity contribution < 1.29 is 33.3 Å². The van der Waals surface area contributed by atoms with Gasteiger partial charge < -0.3 is 23.8 Å². The molecule has 2 unspecified atom stereocenters. The monoisotopic (exact) mass is 496 g/mol. The third kappa shape index (κ3) is 5.79. The molecule has 2 aromatic rings. The Kier molecular flexibility index (Phi) is 7.79. The zero-order valence-electron chi connectivity index (χ0n) is 20.8. The smallest absolute Gasteiger partial charge is 0.410 e. The number of esters is 1. The molecule has 2 fully saturated rings. The predicted octanol–water partition coefficient (Wildman–Crippen LogP) is 3.01. The van der Waals surface area contributed by atoms with Gasteiger partial charge in [0.1, 0.15) is 31.1 Å². The standard InChI is InChI=1S/C27H32N2O7/c1-27(2,25(31)35-16-20-9-11-21(33-3)12-10-20)18-28-15-22-23(24(28)30)29(13-14-34-22)26(32)36-17-19-7-5-4-6-8-19/h4-12,22-23H,13-18H2,1-3H3. The number of amides is 2. The van der Waals surface area contributed by atoms with Crippen molar-refractivity contribution in [3.63, 3.8) is 0 Å². The van der Waals surface area contributed by atoms with E-state index in [1.54, 1.807) is 38.0 Å². The summed E-state index contributed by atoms with van der Waals surface area (Å²) in [4.78, 5) is 42.0. The van der Waals surface area contributed by atoms with Crippen molar-refractivity contribution in [3.8, 4) is 5.75 Å². The lowest BCUT2D eigenvalue weighted by molar-refractivity contribution is -0.157. The minimum atomic E-state index is -0.950. The van der Waals surface area contributed by atoms with Crippen molar-refractivity contribution in [1.82, 2.24) is 9.80 Å². The summed E-state index contributed by atoms with van der Waals surface area (Å²) in [6.45, 7) is 4.75. The summed E-state index contributed by atoms with van der Waals surface area (Å²) in [5, 5.41) is 0. The number of ether oxygens (including phenoxy) is 4. The van der Waals surface area contributed by atoms with Crippen LogP contribution < -0.4 is 4.74 Å². The molecule has 0 radical (unpaired) electrons. The maximum absolute atomic E-state index is 13.3. The molecule has 2 saturated heterocycles. The molecule has 9 heteroatoms. The lowest BCUT2D eigenvalue weighted by atomic mass is 9.93. The van der Waals surface area contributed by atoms with Gasteiger partial charge >= 0.3 is 12.1 Å². The number of likely N-dealkylation sites (tertiary alicyclic amines) is 1. The molecule has 2 aliphatic heterocycles. The fraction of sp³-hybridized carbons (Fsp3) is 0.444. The average molecular weight is 497 g/mol. The number of carbonyl (C=O) groups excluding carboxylic acids is 3. The first-order valence-electron chi connectivity index (χ1n) is 12.0. The zero-order valence-corrected chi connectivity index (χ0v) is 20.8. The molecule has 0 bridgehead atoms. The molecule has 0 saturated carbocycles. The van der Waals surface area contributed by atoms with Crippen LogP contribution in [-0.2, 0) is 37.0 Å². The first-order valence-corrected chi connectivity index (χ1v) is 12.0.